The number of anilines is 2. The number of imidazole rings is 1. The number of benzene rings is 1. The number of aryl methyl sites for hydroxylation is 1. The second kappa shape index (κ2) is 8.14. The van der Waals surface area contributed by atoms with E-state index in [1.807, 2.05) is 19.2 Å². The minimum absolute atomic E-state index is 0.561. The van der Waals surface area contributed by atoms with E-state index in [1.165, 1.54) is 5.56 Å². The van der Waals surface area contributed by atoms with Gasteiger partial charge in [-0.15, -0.1) is 0 Å². The van der Waals surface area contributed by atoms with Crippen LogP contribution < -0.4 is 10.6 Å². The molecule has 0 atom stereocenters. The maximum absolute atomic E-state index is 4.72. The Morgan fingerprint density at radius 3 is 2.50 bits per heavy atom. The van der Waals surface area contributed by atoms with Gasteiger partial charge >= 0.3 is 0 Å². The van der Waals surface area contributed by atoms with E-state index in [-0.39, 0.29) is 0 Å². The van der Waals surface area contributed by atoms with Crippen LogP contribution in [-0.4, -0.2) is 38.1 Å². The van der Waals surface area contributed by atoms with Gasteiger partial charge in [-0.05, 0) is 56.8 Å². The number of hydrogen-bond donors (Lipinski definition) is 2. The molecule has 0 radical (unpaired) electrons. The maximum atomic E-state index is 4.72. The smallest absolute Gasteiger partial charge is 0.229 e. The van der Waals surface area contributed by atoms with Crippen LogP contribution in [0.2, 0.25) is 0 Å². The van der Waals surface area contributed by atoms with Gasteiger partial charge in [-0.3, -0.25) is 4.98 Å². The molecular formula is C21H23N7. The zero-order valence-electron chi connectivity index (χ0n) is 16.1. The van der Waals surface area contributed by atoms with E-state index >= 15 is 0 Å². The van der Waals surface area contributed by atoms with Gasteiger partial charge in [0.2, 0.25) is 5.95 Å². The van der Waals surface area contributed by atoms with Gasteiger partial charge in [0.25, 0.3) is 0 Å². The SMILES string of the molecule is CCn1c(-c2ccncc2)nc2cnc(Nc3ccc(CCNC)cc3)nc21. The Labute approximate surface area is 163 Å². The molecule has 0 saturated carbocycles. The maximum Gasteiger partial charge on any atom is 0.229 e. The van der Waals surface area contributed by atoms with Gasteiger partial charge in [0.05, 0.1) is 6.20 Å². The van der Waals surface area contributed by atoms with E-state index in [9.17, 15) is 0 Å². The van der Waals surface area contributed by atoms with Crippen molar-refractivity contribution in [2.45, 2.75) is 19.9 Å². The third-order valence-corrected chi connectivity index (χ3v) is 4.62. The lowest BCUT2D eigenvalue weighted by molar-refractivity contribution is 0.786. The van der Waals surface area contributed by atoms with Crippen LogP contribution in [0.4, 0.5) is 11.6 Å². The standard InChI is InChI=1S/C21H23N7/c1-3-28-19(16-9-12-23-13-10-16)26-18-14-24-21(27-20(18)28)25-17-6-4-15(5-7-17)8-11-22-2/h4-7,9-10,12-14,22H,3,8,11H2,1-2H3,(H,24,25,27). The fraction of sp³-hybridized carbons (Fsp3) is 0.238. The molecule has 3 aromatic heterocycles. The van der Waals surface area contributed by atoms with E-state index in [4.69, 9.17) is 9.97 Å². The molecule has 0 aliphatic rings. The minimum Gasteiger partial charge on any atom is -0.324 e. The van der Waals surface area contributed by atoms with Crippen molar-refractivity contribution >= 4 is 22.8 Å². The summed E-state index contributed by atoms with van der Waals surface area (Å²) in [5, 5.41) is 6.46. The van der Waals surface area contributed by atoms with Crippen LogP contribution in [0.25, 0.3) is 22.6 Å². The molecule has 0 amide bonds. The molecule has 0 bridgehead atoms. The Kier molecular flexibility index (Phi) is 5.25. The summed E-state index contributed by atoms with van der Waals surface area (Å²) in [4.78, 5) is 18.0. The Balaban J connectivity index is 1.62. The van der Waals surface area contributed by atoms with Gasteiger partial charge in [0, 0.05) is 30.2 Å². The number of rotatable bonds is 7. The van der Waals surface area contributed by atoms with Crippen LogP contribution in [0.5, 0.6) is 0 Å². The van der Waals surface area contributed by atoms with Crippen LogP contribution in [0.15, 0.2) is 55.0 Å². The third-order valence-electron chi connectivity index (χ3n) is 4.62. The van der Waals surface area contributed by atoms with Crippen LogP contribution >= 0.6 is 0 Å². The number of nitrogens with zero attached hydrogens (tertiary/aromatic N) is 5. The first-order valence-electron chi connectivity index (χ1n) is 9.42. The lowest BCUT2D eigenvalue weighted by atomic mass is 10.1. The summed E-state index contributed by atoms with van der Waals surface area (Å²) in [6.45, 7) is 3.82. The topological polar surface area (TPSA) is 80.5 Å². The predicted octanol–water partition coefficient (Wildman–Crippen LogP) is 3.41. The average molecular weight is 373 g/mol. The molecule has 4 aromatic rings. The molecule has 0 fully saturated rings. The second-order valence-corrected chi connectivity index (χ2v) is 6.49. The Hall–Kier alpha value is -3.32. The normalized spacial score (nSPS) is 11.1. The number of fused-ring (bicyclic) bond motifs is 1. The van der Waals surface area contributed by atoms with Crippen molar-refractivity contribution in [2.75, 3.05) is 18.9 Å². The largest absolute Gasteiger partial charge is 0.324 e. The van der Waals surface area contributed by atoms with E-state index in [1.54, 1.807) is 18.6 Å². The quantitative estimate of drug-likeness (QED) is 0.517. The highest BCUT2D eigenvalue weighted by Crippen LogP contribution is 2.24. The van der Waals surface area contributed by atoms with Crippen molar-refractivity contribution in [1.29, 1.82) is 0 Å². The van der Waals surface area contributed by atoms with E-state index in [2.05, 4.69) is 56.4 Å². The summed E-state index contributed by atoms with van der Waals surface area (Å²) in [5.74, 6) is 1.44. The van der Waals surface area contributed by atoms with Gasteiger partial charge in [0.1, 0.15) is 11.3 Å². The molecule has 0 saturated heterocycles. The lowest BCUT2D eigenvalue weighted by Crippen LogP contribution is -2.10. The molecule has 0 aliphatic carbocycles. The fourth-order valence-corrected chi connectivity index (χ4v) is 3.15. The Morgan fingerprint density at radius 2 is 1.79 bits per heavy atom. The molecule has 0 unspecified atom stereocenters. The molecule has 0 aliphatic heterocycles. The number of nitrogens with one attached hydrogen (secondary N) is 2. The zero-order chi connectivity index (χ0) is 19.3. The van der Waals surface area contributed by atoms with Crippen LogP contribution in [-0.2, 0) is 13.0 Å². The van der Waals surface area contributed by atoms with Gasteiger partial charge in [-0.1, -0.05) is 12.1 Å². The highest BCUT2D eigenvalue weighted by molar-refractivity contribution is 5.77. The molecule has 28 heavy (non-hydrogen) atoms. The fourth-order valence-electron chi connectivity index (χ4n) is 3.15. The number of aromatic nitrogens is 5. The average Bonchev–Trinajstić information content (AvgIpc) is 3.12. The van der Waals surface area contributed by atoms with Gasteiger partial charge in [0.15, 0.2) is 5.65 Å². The highest BCUT2D eigenvalue weighted by atomic mass is 15.2. The Morgan fingerprint density at radius 1 is 1.00 bits per heavy atom. The van der Waals surface area contributed by atoms with E-state index in [0.717, 1.165) is 47.7 Å². The number of likely N-dealkylation sites (N-methyl/N-ethyl adjacent to an activating group) is 1. The first kappa shape index (κ1) is 18.1. The van der Waals surface area contributed by atoms with Crippen molar-refractivity contribution in [3.63, 3.8) is 0 Å². The molecule has 4 rings (SSSR count). The Bertz CT molecular complexity index is 1060. The van der Waals surface area contributed by atoms with E-state index in [0.29, 0.717) is 5.95 Å². The van der Waals surface area contributed by atoms with Crippen LogP contribution in [0, 0.1) is 0 Å². The van der Waals surface area contributed by atoms with Crippen molar-refractivity contribution < 1.29 is 0 Å². The summed E-state index contributed by atoms with van der Waals surface area (Å²) in [6.07, 6.45) is 6.32. The third kappa shape index (κ3) is 3.70. The predicted molar refractivity (Wildman–Crippen MR) is 112 cm³/mol. The van der Waals surface area contributed by atoms with Gasteiger partial charge < -0.3 is 15.2 Å². The zero-order valence-corrected chi connectivity index (χ0v) is 16.1. The van der Waals surface area contributed by atoms with E-state index < -0.39 is 0 Å². The molecule has 1 aromatic carbocycles. The first-order chi connectivity index (χ1) is 13.8. The highest BCUT2D eigenvalue weighted by Gasteiger charge is 2.14. The number of hydrogen-bond acceptors (Lipinski definition) is 6. The van der Waals surface area contributed by atoms with Crippen LogP contribution in [0.3, 0.4) is 0 Å². The van der Waals surface area contributed by atoms with Gasteiger partial charge in [-0.25, -0.2) is 9.97 Å². The van der Waals surface area contributed by atoms with Crippen molar-refractivity contribution in [1.82, 2.24) is 29.8 Å². The molecule has 3 heterocycles. The monoisotopic (exact) mass is 373 g/mol. The summed E-state index contributed by atoms with van der Waals surface area (Å²) in [6, 6.07) is 12.3. The lowest BCUT2D eigenvalue weighted by Gasteiger charge is -2.08. The summed E-state index contributed by atoms with van der Waals surface area (Å²) in [7, 11) is 1.96. The van der Waals surface area contributed by atoms with Crippen molar-refractivity contribution in [2.24, 2.45) is 0 Å². The molecule has 2 N–H and O–H groups in total. The second-order valence-electron chi connectivity index (χ2n) is 6.49. The molecule has 7 nitrogen and oxygen atoms in total. The number of pyridine rings is 1. The van der Waals surface area contributed by atoms with Crippen molar-refractivity contribution in [3.8, 4) is 11.4 Å². The first-order valence-corrected chi connectivity index (χ1v) is 9.42. The molecule has 7 heteroatoms. The minimum atomic E-state index is 0.561. The summed E-state index contributed by atoms with van der Waals surface area (Å²) < 4.78 is 2.10. The van der Waals surface area contributed by atoms with Crippen molar-refractivity contribution in [3.05, 3.63) is 60.6 Å². The summed E-state index contributed by atoms with van der Waals surface area (Å²) >= 11 is 0. The molecule has 142 valence electrons. The molecular weight excluding hydrogens is 350 g/mol. The van der Waals surface area contributed by atoms with Gasteiger partial charge in [-0.2, -0.15) is 4.98 Å². The van der Waals surface area contributed by atoms with Crippen LogP contribution in [0.1, 0.15) is 12.5 Å². The molecule has 0 spiro atoms. The summed E-state index contributed by atoms with van der Waals surface area (Å²) in [5.41, 5.74) is 4.87.